The van der Waals surface area contributed by atoms with Gasteiger partial charge in [0, 0.05) is 19.7 Å². The molecular formula is C15H19N3O2. The third kappa shape index (κ3) is 2.62. The number of nitriles is 1. The van der Waals surface area contributed by atoms with Crippen LogP contribution in [-0.4, -0.2) is 43.0 Å². The number of hydrogen-bond donors (Lipinski definition) is 0. The highest BCUT2D eigenvalue weighted by Gasteiger charge is 2.41. The van der Waals surface area contributed by atoms with Gasteiger partial charge in [0.1, 0.15) is 17.4 Å². The molecule has 0 aliphatic carbocycles. The maximum atomic E-state index is 8.82. The summed E-state index contributed by atoms with van der Waals surface area (Å²) < 4.78 is 11.8. The van der Waals surface area contributed by atoms with Crippen molar-refractivity contribution in [3.05, 3.63) is 24.0 Å². The molecule has 1 aromatic rings. The standard InChI is InChI=1S/C15H19N3O2/c1-12-9-18(14-4-3-13(7-16)17-8-14)10-15(20-12)5-2-6-19-11-15/h3-4,8,12H,2,5-6,9-11H2,1H3. The van der Waals surface area contributed by atoms with Gasteiger partial charge in [-0.15, -0.1) is 0 Å². The molecule has 2 atom stereocenters. The largest absolute Gasteiger partial charge is 0.378 e. The predicted molar refractivity (Wildman–Crippen MR) is 74.5 cm³/mol. The van der Waals surface area contributed by atoms with Gasteiger partial charge >= 0.3 is 0 Å². The minimum absolute atomic E-state index is 0.168. The Bertz CT molecular complexity index is 503. The second kappa shape index (κ2) is 5.39. The molecule has 2 saturated heterocycles. The molecule has 0 radical (unpaired) electrons. The molecule has 0 saturated carbocycles. The second-order valence-electron chi connectivity index (χ2n) is 5.66. The molecule has 2 aliphatic heterocycles. The predicted octanol–water partition coefficient (Wildman–Crippen LogP) is 1.73. The summed E-state index contributed by atoms with van der Waals surface area (Å²) in [6.45, 7) is 5.26. The summed E-state index contributed by atoms with van der Waals surface area (Å²) in [5, 5.41) is 8.82. The Morgan fingerprint density at radius 1 is 1.50 bits per heavy atom. The summed E-state index contributed by atoms with van der Waals surface area (Å²) in [7, 11) is 0. The Morgan fingerprint density at radius 2 is 2.40 bits per heavy atom. The van der Waals surface area contributed by atoms with Crippen molar-refractivity contribution >= 4 is 5.69 Å². The summed E-state index contributed by atoms with van der Waals surface area (Å²) in [6, 6.07) is 5.77. The maximum absolute atomic E-state index is 8.82. The average molecular weight is 273 g/mol. The molecule has 0 aromatic carbocycles. The molecule has 5 nitrogen and oxygen atoms in total. The molecule has 106 valence electrons. The van der Waals surface area contributed by atoms with Crippen LogP contribution in [0.15, 0.2) is 18.3 Å². The van der Waals surface area contributed by atoms with Crippen LogP contribution in [0.3, 0.4) is 0 Å². The Balaban J connectivity index is 1.80. The van der Waals surface area contributed by atoms with Gasteiger partial charge in [-0.2, -0.15) is 5.26 Å². The van der Waals surface area contributed by atoms with E-state index in [1.165, 1.54) is 0 Å². The van der Waals surface area contributed by atoms with Crippen LogP contribution >= 0.6 is 0 Å². The zero-order valence-corrected chi connectivity index (χ0v) is 11.7. The smallest absolute Gasteiger partial charge is 0.140 e. The molecule has 2 fully saturated rings. The minimum atomic E-state index is -0.191. The van der Waals surface area contributed by atoms with Crippen LogP contribution in [-0.2, 0) is 9.47 Å². The lowest BCUT2D eigenvalue weighted by molar-refractivity contribution is -0.160. The van der Waals surface area contributed by atoms with Crippen LogP contribution in [0.2, 0.25) is 0 Å². The quantitative estimate of drug-likeness (QED) is 0.780. The summed E-state index contributed by atoms with van der Waals surface area (Å²) in [4.78, 5) is 6.44. The highest BCUT2D eigenvalue weighted by atomic mass is 16.6. The van der Waals surface area contributed by atoms with Gasteiger partial charge in [0.05, 0.1) is 24.6 Å². The van der Waals surface area contributed by atoms with Crippen LogP contribution in [0.1, 0.15) is 25.5 Å². The van der Waals surface area contributed by atoms with Gasteiger partial charge in [-0.25, -0.2) is 4.98 Å². The van der Waals surface area contributed by atoms with Gasteiger partial charge in [-0.05, 0) is 31.9 Å². The van der Waals surface area contributed by atoms with Gasteiger partial charge < -0.3 is 14.4 Å². The van der Waals surface area contributed by atoms with Gasteiger partial charge in [0.2, 0.25) is 0 Å². The van der Waals surface area contributed by atoms with E-state index >= 15 is 0 Å². The van der Waals surface area contributed by atoms with Gasteiger partial charge in [0.25, 0.3) is 0 Å². The molecule has 20 heavy (non-hydrogen) atoms. The molecule has 3 heterocycles. The number of aromatic nitrogens is 1. The van der Waals surface area contributed by atoms with Gasteiger partial charge in [-0.1, -0.05) is 0 Å². The minimum Gasteiger partial charge on any atom is -0.378 e. The van der Waals surface area contributed by atoms with E-state index in [0.717, 1.165) is 38.2 Å². The van der Waals surface area contributed by atoms with Crippen LogP contribution in [0.5, 0.6) is 0 Å². The molecule has 1 aromatic heterocycles. The molecule has 2 aliphatic rings. The number of rotatable bonds is 1. The van der Waals surface area contributed by atoms with Crippen molar-refractivity contribution in [2.24, 2.45) is 0 Å². The van der Waals surface area contributed by atoms with Crippen molar-refractivity contribution in [1.82, 2.24) is 4.98 Å². The Kier molecular flexibility index (Phi) is 3.60. The van der Waals surface area contributed by atoms with Crippen LogP contribution < -0.4 is 4.90 Å². The molecule has 0 bridgehead atoms. The topological polar surface area (TPSA) is 58.4 Å². The number of pyridine rings is 1. The number of morpholine rings is 1. The van der Waals surface area contributed by atoms with Crippen molar-refractivity contribution in [3.63, 3.8) is 0 Å². The SMILES string of the molecule is CC1CN(c2ccc(C#N)nc2)CC2(CCCOC2)O1. The molecule has 0 amide bonds. The van der Waals surface area contributed by atoms with E-state index in [1.54, 1.807) is 12.3 Å². The first-order valence-electron chi connectivity index (χ1n) is 7.07. The van der Waals surface area contributed by atoms with Gasteiger partial charge in [0.15, 0.2) is 0 Å². The number of nitrogens with zero attached hydrogens (tertiary/aromatic N) is 3. The van der Waals surface area contributed by atoms with Crippen molar-refractivity contribution in [2.45, 2.75) is 31.5 Å². The molecule has 1 spiro atoms. The van der Waals surface area contributed by atoms with E-state index in [-0.39, 0.29) is 11.7 Å². The monoisotopic (exact) mass is 273 g/mol. The molecule has 3 rings (SSSR count). The van der Waals surface area contributed by atoms with E-state index < -0.39 is 0 Å². The van der Waals surface area contributed by atoms with E-state index in [1.807, 2.05) is 12.1 Å². The van der Waals surface area contributed by atoms with Crippen molar-refractivity contribution in [1.29, 1.82) is 5.26 Å². The highest BCUT2D eigenvalue weighted by molar-refractivity contribution is 5.47. The Morgan fingerprint density at radius 3 is 3.05 bits per heavy atom. The lowest BCUT2D eigenvalue weighted by Crippen LogP contribution is -2.58. The molecule has 5 heteroatoms. The fourth-order valence-electron chi connectivity index (χ4n) is 3.10. The zero-order valence-electron chi connectivity index (χ0n) is 11.7. The maximum Gasteiger partial charge on any atom is 0.140 e. The van der Waals surface area contributed by atoms with Crippen LogP contribution in [0.25, 0.3) is 0 Å². The molecular weight excluding hydrogens is 254 g/mol. The van der Waals surface area contributed by atoms with Crippen molar-refractivity contribution in [3.8, 4) is 6.07 Å². The van der Waals surface area contributed by atoms with Gasteiger partial charge in [-0.3, -0.25) is 0 Å². The van der Waals surface area contributed by atoms with E-state index in [4.69, 9.17) is 14.7 Å². The number of ether oxygens (including phenoxy) is 2. The number of anilines is 1. The van der Waals surface area contributed by atoms with E-state index in [2.05, 4.69) is 16.8 Å². The lowest BCUT2D eigenvalue weighted by Gasteiger charge is -2.47. The molecule has 2 unspecified atom stereocenters. The lowest BCUT2D eigenvalue weighted by atomic mass is 9.93. The Labute approximate surface area is 119 Å². The summed E-state index contributed by atoms with van der Waals surface area (Å²) in [5.74, 6) is 0. The first-order valence-corrected chi connectivity index (χ1v) is 7.07. The summed E-state index contributed by atoms with van der Waals surface area (Å²) in [6.07, 6.45) is 4.03. The zero-order chi connectivity index (χ0) is 14.0. The first kappa shape index (κ1) is 13.3. The second-order valence-corrected chi connectivity index (χ2v) is 5.66. The number of hydrogen-bond acceptors (Lipinski definition) is 5. The first-order chi connectivity index (χ1) is 9.71. The third-order valence-corrected chi connectivity index (χ3v) is 3.92. The summed E-state index contributed by atoms with van der Waals surface area (Å²) in [5.41, 5.74) is 1.30. The van der Waals surface area contributed by atoms with Crippen molar-refractivity contribution < 1.29 is 9.47 Å². The normalized spacial score (nSPS) is 30.2. The third-order valence-electron chi connectivity index (χ3n) is 3.92. The highest BCUT2D eigenvalue weighted by Crippen LogP contribution is 2.32. The van der Waals surface area contributed by atoms with Crippen LogP contribution in [0.4, 0.5) is 5.69 Å². The summed E-state index contributed by atoms with van der Waals surface area (Å²) >= 11 is 0. The molecule has 0 N–H and O–H groups in total. The fraction of sp³-hybridized carbons (Fsp3) is 0.600. The van der Waals surface area contributed by atoms with E-state index in [9.17, 15) is 0 Å². The Hall–Kier alpha value is -1.64. The van der Waals surface area contributed by atoms with E-state index in [0.29, 0.717) is 12.3 Å². The van der Waals surface area contributed by atoms with Crippen molar-refractivity contribution in [2.75, 3.05) is 31.2 Å². The van der Waals surface area contributed by atoms with Crippen LogP contribution in [0, 0.1) is 11.3 Å². The fourth-order valence-corrected chi connectivity index (χ4v) is 3.10. The average Bonchev–Trinajstić information content (AvgIpc) is 2.47.